The van der Waals surface area contributed by atoms with Crippen LogP contribution in [0.15, 0.2) is 52.6 Å². The SMILES string of the molecule is COc1ccc2c(c1)nc(S(=O)Cc1ncc(C)c(OC)c1C)n2S(=O)(=O)c1cccc(C(=O)O)c1OC. The van der Waals surface area contributed by atoms with E-state index in [1.807, 2.05) is 6.92 Å². The van der Waals surface area contributed by atoms with Crippen molar-refractivity contribution in [2.45, 2.75) is 29.7 Å². The van der Waals surface area contributed by atoms with Gasteiger partial charge in [0, 0.05) is 23.4 Å². The average Bonchev–Trinajstić information content (AvgIpc) is 3.29. The van der Waals surface area contributed by atoms with E-state index in [4.69, 9.17) is 14.2 Å². The second-order valence-corrected chi connectivity index (χ2v) is 11.3. The summed E-state index contributed by atoms with van der Waals surface area (Å²) >= 11 is 0. The van der Waals surface area contributed by atoms with Crippen LogP contribution in [-0.4, -0.2) is 59.0 Å². The Bertz CT molecular complexity index is 1700. The highest BCUT2D eigenvalue weighted by molar-refractivity contribution is 7.91. The lowest BCUT2D eigenvalue weighted by molar-refractivity contribution is 0.0692. The van der Waals surface area contributed by atoms with E-state index in [1.165, 1.54) is 51.7 Å². The van der Waals surface area contributed by atoms with Crippen LogP contribution in [0.1, 0.15) is 27.2 Å². The molecule has 0 aliphatic rings. The molecule has 13 heteroatoms. The number of aryl methyl sites for hydroxylation is 1. The first-order valence-electron chi connectivity index (χ1n) is 11.1. The van der Waals surface area contributed by atoms with E-state index in [-0.39, 0.29) is 33.3 Å². The molecule has 0 saturated carbocycles. The third kappa shape index (κ3) is 4.58. The van der Waals surface area contributed by atoms with Crippen LogP contribution in [0.5, 0.6) is 17.2 Å². The van der Waals surface area contributed by atoms with Gasteiger partial charge in [-0.1, -0.05) is 6.07 Å². The molecule has 1 atom stereocenters. The summed E-state index contributed by atoms with van der Waals surface area (Å²) in [5.41, 5.74) is 1.92. The van der Waals surface area contributed by atoms with Gasteiger partial charge >= 0.3 is 5.97 Å². The summed E-state index contributed by atoms with van der Waals surface area (Å²) in [5.74, 6) is -0.855. The lowest BCUT2D eigenvalue weighted by Crippen LogP contribution is -2.19. The van der Waals surface area contributed by atoms with Crippen molar-refractivity contribution in [2.75, 3.05) is 21.3 Å². The van der Waals surface area contributed by atoms with E-state index < -0.39 is 31.7 Å². The van der Waals surface area contributed by atoms with Crippen molar-refractivity contribution in [1.82, 2.24) is 13.9 Å². The van der Waals surface area contributed by atoms with Crippen LogP contribution in [0.3, 0.4) is 0 Å². The molecular formula is C25H25N3O8S2. The Kier molecular flexibility index (Phi) is 7.42. The largest absolute Gasteiger partial charge is 0.497 e. The van der Waals surface area contributed by atoms with Gasteiger partial charge in [0.05, 0.1) is 54.6 Å². The van der Waals surface area contributed by atoms with Crippen LogP contribution in [0.25, 0.3) is 11.0 Å². The maximum atomic E-state index is 14.1. The highest BCUT2D eigenvalue weighted by Crippen LogP contribution is 2.34. The summed E-state index contributed by atoms with van der Waals surface area (Å²) in [5, 5.41) is 9.30. The zero-order valence-electron chi connectivity index (χ0n) is 21.2. The summed E-state index contributed by atoms with van der Waals surface area (Å²) in [6.45, 7) is 3.61. The zero-order valence-corrected chi connectivity index (χ0v) is 22.8. The number of fused-ring (bicyclic) bond motifs is 1. The number of aromatic nitrogens is 3. The van der Waals surface area contributed by atoms with Crippen molar-refractivity contribution in [3.8, 4) is 17.2 Å². The number of methoxy groups -OCH3 is 3. The summed E-state index contributed by atoms with van der Waals surface area (Å²) in [6.07, 6.45) is 1.59. The van der Waals surface area contributed by atoms with Crippen LogP contribution in [0, 0.1) is 13.8 Å². The molecule has 2 aromatic heterocycles. The smallest absolute Gasteiger partial charge is 0.339 e. The van der Waals surface area contributed by atoms with E-state index in [0.717, 1.165) is 9.54 Å². The van der Waals surface area contributed by atoms with Gasteiger partial charge in [0.15, 0.2) is 5.75 Å². The van der Waals surface area contributed by atoms with Gasteiger partial charge in [0.1, 0.15) is 22.0 Å². The number of hydrogen-bond donors (Lipinski definition) is 1. The lowest BCUT2D eigenvalue weighted by Gasteiger charge is -2.15. The second-order valence-electron chi connectivity index (χ2n) is 8.20. The molecule has 38 heavy (non-hydrogen) atoms. The molecule has 1 unspecified atom stereocenters. The quantitative estimate of drug-likeness (QED) is 0.324. The third-order valence-corrected chi connectivity index (χ3v) is 9.00. The molecule has 1 N–H and O–H groups in total. The van der Waals surface area contributed by atoms with Crippen LogP contribution < -0.4 is 14.2 Å². The number of para-hydroxylation sites is 1. The number of aromatic carboxylic acids is 1. The van der Waals surface area contributed by atoms with Gasteiger partial charge in [-0.3, -0.25) is 9.19 Å². The molecule has 4 rings (SSSR count). The molecule has 0 radical (unpaired) electrons. The summed E-state index contributed by atoms with van der Waals surface area (Å²) in [6, 6.07) is 8.29. The van der Waals surface area contributed by atoms with E-state index in [0.29, 0.717) is 22.8 Å². The fraction of sp³-hybridized carbons (Fsp3) is 0.240. The Morgan fingerprint density at radius 1 is 1.05 bits per heavy atom. The highest BCUT2D eigenvalue weighted by Gasteiger charge is 2.32. The normalized spacial score (nSPS) is 12.3. The van der Waals surface area contributed by atoms with Crippen molar-refractivity contribution in [3.63, 3.8) is 0 Å². The molecule has 0 fully saturated rings. The Labute approximate surface area is 221 Å². The number of rotatable bonds is 9. The molecule has 2 heterocycles. The van der Waals surface area contributed by atoms with Gasteiger partial charge in [-0.15, -0.1) is 0 Å². The molecule has 11 nitrogen and oxygen atoms in total. The predicted molar refractivity (Wildman–Crippen MR) is 139 cm³/mol. The van der Waals surface area contributed by atoms with Crippen molar-refractivity contribution in [1.29, 1.82) is 0 Å². The summed E-state index contributed by atoms with van der Waals surface area (Å²) in [7, 11) is -2.40. The number of ether oxygens (including phenoxy) is 3. The van der Waals surface area contributed by atoms with Crippen LogP contribution >= 0.6 is 0 Å². The van der Waals surface area contributed by atoms with Gasteiger partial charge in [0.2, 0.25) is 5.16 Å². The topological polar surface area (TPSA) is 147 Å². The van der Waals surface area contributed by atoms with E-state index in [1.54, 1.807) is 19.2 Å². The minimum absolute atomic E-state index is 0.128. The molecular weight excluding hydrogens is 534 g/mol. The first-order chi connectivity index (χ1) is 18.0. The standard InChI is InChI=1S/C25H25N3O8S2/c1-14-12-26-19(15(2)22(14)35-4)13-37(31)25-27-18-11-16(34-3)9-10-20(18)28(25)38(32,33)21-8-6-7-17(24(29)30)23(21)36-5/h6-12H,13H2,1-5H3,(H,29,30). The van der Waals surface area contributed by atoms with E-state index in [9.17, 15) is 22.5 Å². The summed E-state index contributed by atoms with van der Waals surface area (Å²) < 4.78 is 58.6. The van der Waals surface area contributed by atoms with Crippen molar-refractivity contribution < 1.29 is 36.7 Å². The Morgan fingerprint density at radius 3 is 2.39 bits per heavy atom. The Morgan fingerprint density at radius 2 is 1.76 bits per heavy atom. The number of carboxylic acid groups (broad SMARTS) is 1. The Balaban J connectivity index is 1.95. The fourth-order valence-electron chi connectivity index (χ4n) is 4.12. The third-order valence-electron chi connectivity index (χ3n) is 5.94. The van der Waals surface area contributed by atoms with Crippen LogP contribution in [-0.2, 0) is 26.6 Å². The van der Waals surface area contributed by atoms with E-state index in [2.05, 4.69) is 9.97 Å². The summed E-state index contributed by atoms with van der Waals surface area (Å²) in [4.78, 5) is 20.1. The van der Waals surface area contributed by atoms with Crippen LogP contribution in [0.4, 0.5) is 0 Å². The van der Waals surface area contributed by atoms with Crippen molar-refractivity contribution in [2.24, 2.45) is 0 Å². The monoisotopic (exact) mass is 559 g/mol. The Hall–Kier alpha value is -3.97. The number of nitrogens with zero attached hydrogens (tertiary/aromatic N) is 3. The maximum absolute atomic E-state index is 14.1. The van der Waals surface area contributed by atoms with Gasteiger partial charge in [0.25, 0.3) is 10.0 Å². The zero-order chi connectivity index (χ0) is 27.8. The fourth-order valence-corrected chi connectivity index (χ4v) is 7.35. The van der Waals surface area contributed by atoms with Gasteiger partial charge < -0.3 is 19.3 Å². The number of benzene rings is 2. The number of carbonyl (C=O) groups is 1. The molecule has 0 aliphatic carbocycles. The molecule has 4 aromatic rings. The molecule has 200 valence electrons. The minimum atomic E-state index is -4.55. The molecule has 0 saturated heterocycles. The lowest BCUT2D eigenvalue weighted by atomic mass is 10.1. The van der Waals surface area contributed by atoms with Gasteiger partial charge in [-0.2, -0.15) is 0 Å². The molecule has 2 aromatic carbocycles. The number of imidazole rings is 1. The average molecular weight is 560 g/mol. The predicted octanol–water partition coefficient (Wildman–Crippen LogP) is 3.32. The number of carboxylic acids is 1. The molecule has 0 aliphatic heterocycles. The molecule has 0 spiro atoms. The first kappa shape index (κ1) is 27.1. The number of pyridine rings is 1. The van der Waals surface area contributed by atoms with Crippen molar-refractivity contribution in [3.05, 3.63) is 65.0 Å². The molecule has 0 bridgehead atoms. The van der Waals surface area contributed by atoms with Gasteiger partial charge in [-0.25, -0.2) is 22.2 Å². The second kappa shape index (κ2) is 10.4. The maximum Gasteiger partial charge on any atom is 0.339 e. The first-order valence-corrected chi connectivity index (χ1v) is 13.9. The van der Waals surface area contributed by atoms with Crippen molar-refractivity contribution >= 4 is 37.8 Å². The van der Waals surface area contributed by atoms with Crippen LogP contribution in [0.2, 0.25) is 0 Å². The minimum Gasteiger partial charge on any atom is -0.497 e. The van der Waals surface area contributed by atoms with E-state index >= 15 is 0 Å². The number of hydrogen-bond acceptors (Lipinski definition) is 9. The molecule has 0 amide bonds. The highest BCUT2D eigenvalue weighted by atomic mass is 32.2. The van der Waals surface area contributed by atoms with Gasteiger partial charge in [-0.05, 0) is 38.1 Å².